The molecule has 3 rings (SSSR count). The van der Waals surface area contributed by atoms with E-state index >= 15 is 0 Å². The Hall–Kier alpha value is -2.26. The van der Waals surface area contributed by atoms with Gasteiger partial charge in [0.2, 0.25) is 0 Å². The molecule has 0 spiro atoms. The normalized spacial score (nSPS) is 9.42. The van der Waals surface area contributed by atoms with Gasteiger partial charge in [0.15, 0.2) is 0 Å². The Morgan fingerprint density at radius 2 is 0.958 bits per heavy atom. The smallest absolute Gasteiger partial charge is 0.0405 e. The Bertz CT molecular complexity index is 913. The third-order valence-corrected chi connectivity index (χ3v) is 4.25. The van der Waals surface area contributed by atoms with Crippen molar-refractivity contribution in [2.75, 3.05) is 0 Å². The van der Waals surface area contributed by atoms with E-state index in [-0.39, 0.29) is 0 Å². The summed E-state index contributed by atoms with van der Waals surface area (Å²) >= 11 is 6.93. The number of hydrogen-bond donors (Lipinski definition) is 0. The van der Waals surface area contributed by atoms with Crippen LogP contribution in [0.25, 0.3) is 0 Å². The molecule has 24 heavy (non-hydrogen) atoms. The highest BCUT2D eigenvalue weighted by Crippen LogP contribution is 2.13. The summed E-state index contributed by atoms with van der Waals surface area (Å²) in [6, 6.07) is 23.9. The van der Waals surface area contributed by atoms with Gasteiger partial charge >= 0.3 is 0 Å². The van der Waals surface area contributed by atoms with Crippen LogP contribution in [0.5, 0.6) is 0 Å². The van der Waals surface area contributed by atoms with Crippen molar-refractivity contribution in [3.8, 4) is 23.7 Å². The van der Waals surface area contributed by atoms with E-state index in [1.165, 1.54) is 0 Å². The van der Waals surface area contributed by atoms with Crippen molar-refractivity contribution in [2.24, 2.45) is 0 Å². The molecular weight excluding hydrogens is 424 g/mol. The van der Waals surface area contributed by atoms with Crippen LogP contribution in [0.2, 0.25) is 0 Å². The first-order chi connectivity index (χ1) is 11.7. The molecule has 114 valence electrons. The van der Waals surface area contributed by atoms with Crippen molar-refractivity contribution >= 4 is 31.9 Å². The molecule has 0 aliphatic heterocycles. The number of halogens is 2. The lowest BCUT2D eigenvalue weighted by Crippen LogP contribution is -1.83. The lowest BCUT2D eigenvalue weighted by molar-refractivity contribution is 1.56. The summed E-state index contributed by atoms with van der Waals surface area (Å²) in [4.78, 5) is 0. The molecular formula is C22H12Br2. The summed E-state index contributed by atoms with van der Waals surface area (Å²) in [5, 5.41) is 0. The van der Waals surface area contributed by atoms with E-state index in [4.69, 9.17) is 0 Å². The van der Waals surface area contributed by atoms with Crippen LogP contribution in [0.15, 0.2) is 81.7 Å². The maximum atomic E-state index is 3.47. The topological polar surface area (TPSA) is 0 Å². The van der Waals surface area contributed by atoms with Crippen LogP contribution in [0.4, 0.5) is 0 Å². The molecule has 0 fully saturated rings. The fraction of sp³-hybridized carbons (Fsp3) is 0. The van der Waals surface area contributed by atoms with Crippen molar-refractivity contribution < 1.29 is 0 Å². The van der Waals surface area contributed by atoms with Gasteiger partial charge in [0.25, 0.3) is 0 Å². The van der Waals surface area contributed by atoms with Crippen LogP contribution < -0.4 is 0 Å². The Morgan fingerprint density at radius 1 is 0.500 bits per heavy atom. The summed E-state index contributed by atoms with van der Waals surface area (Å²) < 4.78 is 2.05. The van der Waals surface area contributed by atoms with Gasteiger partial charge in [-0.2, -0.15) is 0 Å². The van der Waals surface area contributed by atoms with Crippen LogP contribution >= 0.6 is 31.9 Å². The van der Waals surface area contributed by atoms with Gasteiger partial charge in [0.1, 0.15) is 0 Å². The molecule has 0 amide bonds. The summed E-state index contributed by atoms with van der Waals surface area (Å²) in [5.74, 6) is 12.8. The van der Waals surface area contributed by atoms with Gasteiger partial charge in [-0.15, -0.1) is 0 Å². The summed E-state index contributed by atoms with van der Waals surface area (Å²) in [6.45, 7) is 0. The molecule has 0 nitrogen and oxygen atoms in total. The molecule has 0 atom stereocenters. The van der Waals surface area contributed by atoms with Crippen molar-refractivity contribution in [2.45, 2.75) is 0 Å². The molecule has 0 bridgehead atoms. The molecule has 0 saturated carbocycles. The SMILES string of the molecule is Brc1cccc(C#Cc2ccccc2C#Cc2cccc(Br)c2)c1. The monoisotopic (exact) mass is 434 g/mol. The molecule has 0 aliphatic carbocycles. The average Bonchev–Trinajstić information content (AvgIpc) is 2.59. The van der Waals surface area contributed by atoms with Gasteiger partial charge in [-0.05, 0) is 48.5 Å². The maximum Gasteiger partial charge on any atom is 0.0405 e. The molecule has 2 heteroatoms. The van der Waals surface area contributed by atoms with E-state index in [2.05, 4.69) is 55.5 Å². The first kappa shape index (κ1) is 16.6. The third-order valence-electron chi connectivity index (χ3n) is 3.26. The van der Waals surface area contributed by atoms with Crippen LogP contribution in [0.3, 0.4) is 0 Å². The summed E-state index contributed by atoms with van der Waals surface area (Å²) in [7, 11) is 0. The van der Waals surface area contributed by atoms with Gasteiger partial charge in [0.05, 0.1) is 0 Å². The van der Waals surface area contributed by atoms with Crippen molar-refractivity contribution in [3.05, 3.63) is 104 Å². The lowest BCUT2D eigenvalue weighted by Gasteiger charge is -1.96. The predicted molar refractivity (Wildman–Crippen MR) is 107 cm³/mol. The number of rotatable bonds is 0. The van der Waals surface area contributed by atoms with E-state index in [1.54, 1.807) is 0 Å². The van der Waals surface area contributed by atoms with Gasteiger partial charge in [-0.3, -0.25) is 0 Å². The number of benzene rings is 3. The Balaban J connectivity index is 1.93. The quantitative estimate of drug-likeness (QED) is 0.379. The summed E-state index contributed by atoms with van der Waals surface area (Å²) in [6.07, 6.45) is 0. The van der Waals surface area contributed by atoms with Crippen molar-refractivity contribution in [3.63, 3.8) is 0 Å². The van der Waals surface area contributed by atoms with Crippen LogP contribution in [0, 0.1) is 23.7 Å². The van der Waals surface area contributed by atoms with E-state index in [9.17, 15) is 0 Å². The molecule has 0 unspecified atom stereocenters. The van der Waals surface area contributed by atoms with Gasteiger partial charge in [-0.1, -0.05) is 79.8 Å². The van der Waals surface area contributed by atoms with Crippen LogP contribution in [-0.4, -0.2) is 0 Å². The highest BCUT2D eigenvalue weighted by atomic mass is 79.9. The van der Waals surface area contributed by atoms with Crippen molar-refractivity contribution in [1.29, 1.82) is 0 Å². The van der Waals surface area contributed by atoms with Gasteiger partial charge in [0, 0.05) is 31.2 Å². The first-order valence-corrected chi connectivity index (χ1v) is 8.93. The van der Waals surface area contributed by atoms with E-state index < -0.39 is 0 Å². The van der Waals surface area contributed by atoms with E-state index in [1.807, 2.05) is 72.8 Å². The minimum Gasteiger partial charge on any atom is -0.0616 e. The fourth-order valence-corrected chi connectivity index (χ4v) is 2.91. The Labute approximate surface area is 159 Å². The van der Waals surface area contributed by atoms with Crippen LogP contribution in [0.1, 0.15) is 22.3 Å². The zero-order chi connectivity index (χ0) is 16.8. The standard InChI is InChI=1S/C22H12Br2/c23-21-9-3-5-17(15-21)11-13-19-7-1-2-8-20(19)14-12-18-6-4-10-22(24)16-18/h1-10,15-16H. The minimum atomic E-state index is 0.931. The highest BCUT2D eigenvalue weighted by molar-refractivity contribution is 9.10. The minimum absolute atomic E-state index is 0.931. The van der Waals surface area contributed by atoms with Gasteiger partial charge in [-0.25, -0.2) is 0 Å². The van der Waals surface area contributed by atoms with Gasteiger partial charge < -0.3 is 0 Å². The van der Waals surface area contributed by atoms with E-state index in [0.717, 1.165) is 31.2 Å². The molecule has 0 aliphatic rings. The van der Waals surface area contributed by atoms with Crippen molar-refractivity contribution in [1.82, 2.24) is 0 Å². The summed E-state index contributed by atoms with van der Waals surface area (Å²) in [5.41, 5.74) is 3.80. The third kappa shape index (κ3) is 4.62. The fourth-order valence-electron chi connectivity index (χ4n) is 2.11. The molecule has 3 aromatic carbocycles. The molecule has 0 saturated heterocycles. The average molecular weight is 436 g/mol. The lowest BCUT2D eigenvalue weighted by atomic mass is 10.1. The second kappa shape index (κ2) is 8.02. The molecule has 0 N–H and O–H groups in total. The highest BCUT2D eigenvalue weighted by Gasteiger charge is 1.96. The first-order valence-electron chi connectivity index (χ1n) is 7.35. The zero-order valence-electron chi connectivity index (χ0n) is 12.7. The Morgan fingerprint density at radius 3 is 1.38 bits per heavy atom. The predicted octanol–water partition coefficient (Wildman–Crippen LogP) is 6.01. The van der Waals surface area contributed by atoms with E-state index in [0.29, 0.717) is 0 Å². The number of hydrogen-bond acceptors (Lipinski definition) is 0. The second-order valence-corrected chi connectivity index (χ2v) is 6.90. The maximum absolute atomic E-state index is 3.47. The zero-order valence-corrected chi connectivity index (χ0v) is 15.9. The Kier molecular flexibility index (Phi) is 5.55. The molecule has 0 aromatic heterocycles. The largest absolute Gasteiger partial charge is 0.0616 e. The second-order valence-electron chi connectivity index (χ2n) is 5.07. The van der Waals surface area contributed by atoms with Crippen LogP contribution in [-0.2, 0) is 0 Å². The molecule has 3 aromatic rings. The molecule has 0 radical (unpaired) electrons. The molecule has 0 heterocycles.